The first-order chi connectivity index (χ1) is 16.0. The molecule has 1 saturated carbocycles. The van der Waals surface area contributed by atoms with Crippen molar-refractivity contribution in [2.24, 2.45) is 0 Å². The van der Waals surface area contributed by atoms with E-state index in [2.05, 4.69) is 16.0 Å². The Balaban J connectivity index is 1.56. The van der Waals surface area contributed by atoms with E-state index >= 15 is 0 Å². The number of rotatable bonds is 6. The lowest BCUT2D eigenvalue weighted by Gasteiger charge is -2.33. The molecule has 182 valence electrons. The summed E-state index contributed by atoms with van der Waals surface area (Å²) in [5.41, 5.74) is 1.39. The number of carbonyl (C=O) groups is 3. The molecule has 0 radical (unpaired) electrons. The number of aryl methyl sites for hydroxylation is 2. The maximum atomic E-state index is 12.9. The van der Waals surface area contributed by atoms with Crippen LogP contribution in [0.3, 0.4) is 0 Å². The minimum absolute atomic E-state index is 0.182. The molecule has 0 aromatic heterocycles. The van der Waals surface area contributed by atoms with E-state index in [-0.39, 0.29) is 30.1 Å². The van der Waals surface area contributed by atoms with Crippen molar-refractivity contribution in [2.75, 3.05) is 6.54 Å². The van der Waals surface area contributed by atoms with E-state index < -0.39 is 23.6 Å². The summed E-state index contributed by atoms with van der Waals surface area (Å²) in [5, 5.41) is 8.21. The minimum atomic E-state index is -4.56. The highest BCUT2D eigenvalue weighted by Gasteiger charge is 2.31. The SMILES string of the molecule is Cc1ccc(C(=O)N[C@@H]2CCCC[C@H]2NC(=O)CNC(=O)c2cccc(C(F)(F)F)c2)c(C)c1. The van der Waals surface area contributed by atoms with Crippen molar-refractivity contribution in [1.82, 2.24) is 16.0 Å². The van der Waals surface area contributed by atoms with Crippen LogP contribution in [0.2, 0.25) is 0 Å². The van der Waals surface area contributed by atoms with Gasteiger partial charge in [0.2, 0.25) is 5.91 Å². The molecule has 2 aromatic carbocycles. The summed E-state index contributed by atoms with van der Waals surface area (Å²) in [6, 6.07) is 9.03. The summed E-state index contributed by atoms with van der Waals surface area (Å²) >= 11 is 0. The predicted molar refractivity (Wildman–Crippen MR) is 121 cm³/mol. The highest BCUT2D eigenvalue weighted by atomic mass is 19.4. The van der Waals surface area contributed by atoms with E-state index in [0.717, 1.165) is 42.2 Å². The Morgan fingerprint density at radius 2 is 1.59 bits per heavy atom. The van der Waals surface area contributed by atoms with E-state index in [1.807, 2.05) is 26.0 Å². The molecule has 6 nitrogen and oxygen atoms in total. The third-order valence-electron chi connectivity index (χ3n) is 5.92. The van der Waals surface area contributed by atoms with Crippen molar-refractivity contribution in [1.29, 1.82) is 0 Å². The van der Waals surface area contributed by atoms with Gasteiger partial charge in [-0.15, -0.1) is 0 Å². The van der Waals surface area contributed by atoms with Gasteiger partial charge < -0.3 is 16.0 Å². The summed E-state index contributed by atoms with van der Waals surface area (Å²) in [6.07, 6.45) is -1.39. The number of benzene rings is 2. The molecule has 2 aromatic rings. The minimum Gasteiger partial charge on any atom is -0.350 e. The first kappa shape index (κ1) is 25.3. The van der Waals surface area contributed by atoms with Crippen molar-refractivity contribution in [3.8, 4) is 0 Å². The first-order valence-corrected chi connectivity index (χ1v) is 11.2. The molecule has 1 aliphatic rings. The van der Waals surface area contributed by atoms with Crippen molar-refractivity contribution in [2.45, 2.75) is 57.8 Å². The smallest absolute Gasteiger partial charge is 0.350 e. The molecule has 3 N–H and O–H groups in total. The topological polar surface area (TPSA) is 87.3 Å². The van der Waals surface area contributed by atoms with E-state index in [0.29, 0.717) is 18.4 Å². The Morgan fingerprint density at radius 3 is 2.24 bits per heavy atom. The predicted octanol–water partition coefficient (Wildman–Crippen LogP) is 3.91. The van der Waals surface area contributed by atoms with E-state index in [9.17, 15) is 27.6 Å². The van der Waals surface area contributed by atoms with Crippen LogP contribution in [0.4, 0.5) is 13.2 Å². The molecular formula is C25H28F3N3O3. The Bertz CT molecular complexity index is 1070. The largest absolute Gasteiger partial charge is 0.416 e. The lowest BCUT2D eigenvalue weighted by Crippen LogP contribution is -2.54. The van der Waals surface area contributed by atoms with Gasteiger partial charge in [0.15, 0.2) is 0 Å². The van der Waals surface area contributed by atoms with Crippen LogP contribution in [0.1, 0.15) is 63.1 Å². The molecule has 0 saturated heterocycles. The Morgan fingerprint density at radius 1 is 0.912 bits per heavy atom. The molecule has 9 heteroatoms. The maximum Gasteiger partial charge on any atom is 0.416 e. The second-order valence-electron chi connectivity index (χ2n) is 8.62. The molecule has 0 unspecified atom stereocenters. The number of hydrogen-bond donors (Lipinski definition) is 3. The van der Waals surface area contributed by atoms with Gasteiger partial charge in [-0.3, -0.25) is 14.4 Å². The average molecular weight is 476 g/mol. The number of alkyl halides is 3. The molecule has 34 heavy (non-hydrogen) atoms. The zero-order valence-electron chi connectivity index (χ0n) is 19.1. The quantitative estimate of drug-likeness (QED) is 0.592. The van der Waals surface area contributed by atoms with Gasteiger partial charge >= 0.3 is 6.18 Å². The number of hydrogen-bond acceptors (Lipinski definition) is 3. The van der Waals surface area contributed by atoms with Crippen molar-refractivity contribution in [3.05, 3.63) is 70.3 Å². The zero-order valence-corrected chi connectivity index (χ0v) is 19.1. The number of amides is 3. The van der Waals surface area contributed by atoms with Crippen LogP contribution in [-0.4, -0.2) is 36.3 Å². The lowest BCUT2D eigenvalue weighted by molar-refractivity contribution is -0.137. The van der Waals surface area contributed by atoms with E-state index in [1.165, 1.54) is 6.07 Å². The number of carbonyl (C=O) groups excluding carboxylic acids is 3. The van der Waals surface area contributed by atoms with Gasteiger partial charge in [0.1, 0.15) is 0 Å². The summed E-state index contributed by atoms with van der Waals surface area (Å²) in [6.45, 7) is 3.44. The van der Waals surface area contributed by atoms with Crippen LogP contribution in [0.25, 0.3) is 0 Å². The van der Waals surface area contributed by atoms with E-state index in [4.69, 9.17) is 0 Å². The van der Waals surface area contributed by atoms with Gasteiger partial charge in [-0.1, -0.05) is 36.6 Å². The molecule has 2 atom stereocenters. The fourth-order valence-corrected chi connectivity index (χ4v) is 4.15. The summed E-state index contributed by atoms with van der Waals surface area (Å²) in [5.74, 6) is -1.45. The van der Waals surface area contributed by atoms with Gasteiger partial charge in [-0.2, -0.15) is 13.2 Å². The van der Waals surface area contributed by atoms with Crippen molar-refractivity contribution >= 4 is 17.7 Å². The van der Waals surface area contributed by atoms with Crippen molar-refractivity contribution in [3.63, 3.8) is 0 Å². The van der Waals surface area contributed by atoms with Crippen LogP contribution in [0, 0.1) is 13.8 Å². The van der Waals surface area contributed by atoms with Crippen LogP contribution in [-0.2, 0) is 11.0 Å². The molecule has 0 heterocycles. The molecule has 3 amide bonds. The third kappa shape index (κ3) is 6.59. The van der Waals surface area contributed by atoms with Crippen LogP contribution in [0.15, 0.2) is 42.5 Å². The molecule has 0 bridgehead atoms. The van der Waals surface area contributed by atoms with Crippen LogP contribution in [0.5, 0.6) is 0 Å². The second-order valence-corrected chi connectivity index (χ2v) is 8.62. The molecule has 0 spiro atoms. The molecule has 1 aliphatic carbocycles. The first-order valence-electron chi connectivity index (χ1n) is 11.2. The van der Waals surface area contributed by atoms with Crippen molar-refractivity contribution < 1.29 is 27.6 Å². The van der Waals surface area contributed by atoms with Gasteiger partial charge in [0.05, 0.1) is 12.1 Å². The summed E-state index contributed by atoms with van der Waals surface area (Å²) < 4.78 is 38.6. The van der Waals surface area contributed by atoms with Gasteiger partial charge in [0.25, 0.3) is 11.8 Å². The van der Waals surface area contributed by atoms with Gasteiger partial charge in [-0.05, 0) is 56.5 Å². The Hall–Kier alpha value is -3.36. The average Bonchev–Trinajstić information content (AvgIpc) is 2.78. The maximum absolute atomic E-state index is 12.9. The number of nitrogens with one attached hydrogen (secondary N) is 3. The monoisotopic (exact) mass is 475 g/mol. The number of halogens is 3. The Labute approximate surface area is 196 Å². The van der Waals surface area contributed by atoms with E-state index in [1.54, 1.807) is 6.07 Å². The fourth-order valence-electron chi connectivity index (χ4n) is 4.15. The van der Waals surface area contributed by atoms with Crippen LogP contribution < -0.4 is 16.0 Å². The molecular weight excluding hydrogens is 447 g/mol. The van der Waals surface area contributed by atoms with Gasteiger partial charge in [-0.25, -0.2) is 0 Å². The summed E-state index contributed by atoms with van der Waals surface area (Å²) in [4.78, 5) is 37.5. The Kier molecular flexibility index (Phi) is 7.96. The zero-order chi connectivity index (χ0) is 24.9. The fraction of sp³-hybridized carbons (Fsp3) is 0.400. The molecule has 0 aliphatic heterocycles. The summed E-state index contributed by atoms with van der Waals surface area (Å²) in [7, 11) is 0. The molecule has 3 rings (SSSR count). The van der Waals surface area contributed by atoms with Gasteiger partial charge in [0, 0.05) is 23.2 Å². The molecule has 1 fully saturated rings. The standard InChI is InChI=1S/C25H28F3N3O3/c1-15-10-11-19(16(2)12-15)24(34)31-21-9-4-3-8-20(21)30-22(32)14-29-23(33)17-6-5-7-18(13-17)25(26,27)28/h5-7,10-13,20-21H,3-4,8-9,14H2,1-2H3,(H,29,33)(H,30,32)(H,31,34)/t20-,21-/m1/s1. The third-order valence-corrected chi connectivity index (χ3v) is 5.92. The lowest BCUT2D eigenvalue weighted by atomic mass is 9.89. The highest BCUT2D eigenvalue weighted by molar-refractivity contribution is 5.97. The highest BCUT2D eigenvalue weighted by Crippen LogP contribution is 2.29. The normalized spacial score (nSPS) is 18.1. The van der Waals surface area contributed by atoms with Crippen LogP contribution >= 0.6 is 0 Å². The second kappa shape index (κ2) is 10.7.